The largest absolute Gasteiger partial charge is 0.495 e. The van der Waals surface area contributed by atoms with Crippen LogP contribution in [0.25, 0.3) is 5.69 Å². The van der Waals surface area contributed by atoms with E-state index in [1.807, 2.05) is 0 Å². The van der Waals surface area contributed by atoms with Gasteiger partial charge in [0, 0.05) is 0 Å². The number of nitrogens with two attached hydrogens (primary N) is 1. The predicted octanol–water partition coefficient (Wildman–Crippen LogP) is 2.03. The monoisotopic (exact) mass is 347 g/mol. The van der Waals surface area contributed by atoms with Gasteiger partial charge in [0.15, 0.2) is 11.5 Å². The number of amides is 1. The minimum Gasteiger partial charge on any atom is -0.495 e. The summed E-state index contributed by atoms with van der Waals surface area (Å²) in [6.07, 6.45) is 1.53. The molecule has 3 rings (SSSR count). The summed E-state index contributed by atoms with van der Waals surface area (Å²) in [4.78, 5) is 12.2. The number of carbonyl (C=O) groups excluding carboxylic acids is 1. The molecule has 24 heavy (non-hydrogen) atoms. The average molecular weight is 348 g/mol. The fourth-order valence-electron chi connectivity index (χ4n) is 2.09. The lowest BCUT2D eigenvalue weighted by Crippen LogP contribution is -2.24. The van der Waals surface area contributed by atoms with Crippen LogP contribution in [-0.2, 0) is 6.54 Å². The Morgan fingerprint density at radius 2 is 2.29 bits per heavy atom. The quantitative estimate of drug-likeness (QED) is 0.731. The number of halogens is 1. The number of nitrogen functional groups attached to an aromatic ring is 1. The fourth-order valence-corrected chi connectivity index (χ4v) is 2.34. The van der Waals surface area contributed by atoms with Crippen LogP contribution in [0.1, 0.15) is 16.2 Å². The highest BCUT2D eigenvalue weighted by Gasteiger charge is 2.19. The van der Waals surface area contributed by atoms with Gasteiger partial charge in [0.1, 0.15) is 11.5 Å². The Balaban J connectivity index is 1.80. The third-order valence-corrected chi connectivity index (χ3v) is 3.60. The molecule has 8 nitrogen and oxygen atoms in total. The molecule has 124 valence electrons. The number of hydrogen-bond donors (Lipinski definition) is 2. The average Bonchev–Trinajstić information content (AvgIpc) is 3.22. The van der Waals surface area contributed by atoms with E-state index in [1.54, 1.807) is 30.3 Å². The van der Waals surface area contributed by atoms with Gasteiger partial charge in [-0.3, -0.25) is 4.79 Å². The molecule has 0 aliphatic heterocycles. The number of nitrogens with zero attached hydrogens (tertiary/aromatic N) is 3. The number of hydrogen-bond acceptors (Lipinski definition) is 6. The summed E-state index contributed by atoms with van der Waals surface area (Å²) < 4.78 is 11.6. The van der Waals surface area contributed by atoms with Crippen molar-refractivity contribution in [2.45, 2.75) is 6.54 Å². The molecule has 0 aliphatic carbocycles. The Bertz CT molecular complexity index is 860. The minimum atomic E-state index is -0.449. The molecule has 0 atom stereocenters. The van der Waals surface area contributed by atoms with Gasteiger partial charge in [0.05, 0.1) is 30.6 Å². The van der Waals surface area contributed by atoms with Crippen LogP contribution in [0.4, 0.5) is 5.82 Å². The number of nitrogens with one attached hydrogen (secondary N) is 1. The fraction of sp³-hybridized carbons (Fsp3) is 0.133. The first kappa shape index (κ1) is 15.9. The lowest BCUT2D eigenvalue weighted by atomic mass is 10.3. The van der Waals surface area contributed by atoms with Crippen LogP contribution >= 0.6 is 11.6 Å². The summed E-state index contributed by atoms with van der Waals surface area (Å²) in [5.41, 5.74) is 6.57. The molecule has 0 saturated carbocycles. The molecular formula is C15H14ClN5O3. The van der Waals surface area contributed by atoms with E-state index in [9.17, 15) is 4.79 Å². The summed E-state index contributed by atoms with van der Waals surface area (Å²) in [7, 11) is 1.52. The van der Waals surface area contributed by atoms with Crippen molar-refractivity contribution in [3.05, 3.63) is 53.1 Å². The summed E-state index contributed by atoms with van der Waals surface area (Å²) in [6, 6.07) is 8.49. The number of aromatic nitrogens is 3. The molecular weight excluding hydrogens is 334 g/mol. The van der Waals surface area contributed by atoms with Gasteiger partial charge in [-0.25, -0.2) is 0 Å². The molecule has 1 aromatic carbocycles. The standard InChI is InChI=1S/C15H14ClN5O3/c1-23-12-5-4-9(7-11(12)16)21-14(17)13(19-20-21)15(22)18-8-10-3-2-6-24-10/h2-7H,8,17H2,1H3,(H,18,22). The number of methoxy groups -OCH3 is 1. The van der Waals surface area contributed by atoms with E-state index in [1.165, 1.54) is 18.1 Å². The highest BCUT2D eigenvalue weighted by molar-refractivity contribution is 6.32. The minimum absolute atomic E-state index is 0.0218. The second-order valence-corrected chi connectivity index (χ2v) is 5.22. The van der Waals surface area contributed by atoms with Crippen LogP contribution in [0.2, 0.25) is 5.02 Å². The van der Waals surface area contributed by atoms with Crippen LogP contribution in [0.3, 0.4) is 0 Å². The number of ether oxygens (including phenoxy) is 1. The number of furan rings is 1. The van der Waals surface area contributed by atoms with Gasteiger partial charge in [-0.05, 0) is 30.3 Å². The van der Waals surface area contributed by atoms with Crippen molar-refractivity contribution in [2.24, 2.45) is 0 Å². The molecule has 0 unspecified atom stereocenters. The summed E-state index contributed by atoms with van der Waals surface area (Å²) in [6.45, 7) is 0.229. The zero-order chi connectivity index (χ0) is 17.1. The van der Waals surface area contributed by atoms with Crippen LogP contribution < -0.4 is 15.8 Å². The van der Waals surface area contributed by atoms with Crippen molar-refractivity contribution >= 4 is 23.3 Å². The Morgan fingerprint density at radius 1 is 1.46 bits per heavy atom. The second kappa shape index (κ2) is 6.63. The molecule has 3 aromatic rings. The van der Waals surface area contributed by atoms with Crippen LogP contribution in [0.5, 0.6) is 5.75 Å². The smallest absolute Gasteiger partial charge is 0.276 e. The number of rotatable bonds is 5. The molecule has 9 heteroatoms. The van der Waals surface area contributed by atoms with Gasteiger partial charge in [0.25, 0.3) is 5.91 Å². The van der Waals surface area contributed by atoms with E-state index in [0.29, 0.717) is 22.2 Å². The lowest BCUT2D eigenvalue weighted by molar-refractivity contribution is 0.0944. The zero-order valence-corrected chi connectivity index (χ0v) is 13.4. The van der Waals surface area contributed by atoms with E-state index in [4.69, 9.17) is 26.5 Å². The van der Waals surface area contributed by atoms with E-state index >= 15 is 0 Å². The van der Waals surface area contributed by atoms with Crippen molar-refractivity contribution in [3.8, 4) is 11.4 Å². The molecule has 2 heterocycles. The van der Waals surface area contributed by atoms with Crippen molar-refractivity contribution < 1.29 is 13.9 Å². The molecule has 0 saturated heterocycles. The van der Waals surface area contributed by atoms with Crippen LogP contribution in [0, 0.1) is 0 Å². The SMILES string of the molecule is COc1ccc(-n2nnc(C(=O)NCc3ccco3)c2N)cc1Cl. The Hall–Kier alpha value is -3.00. The molecule has 0 aliphatic rings. The van der Waals surface area contributed by atoms with Crippen molar-refractivity contribution in [2.75, 3.05) is 12.8 Å². The van der Waals surface area contributed by atoms with Crippen molar-refractivity contribution in [1.29, 1.82) is 0 Å². The Labute approximate surface area is 142 Å². The zero-order valence-electron chi connectivity index (χ0n) is 12.7. The van der Waals surface area contributed by atoms with Crippen LogP contribution in [-0.4, -0.2) is 28.0 Å². The van der Waals surface area contributed by atoms with Gasteiger partial charge >= 0.3 is 0 Å². The van der Waals surface area contributed by atoms with Crippen molar-refractivity contribution in [1.82, 2.24) is 20.3 Å². The summed E-state index contributed by atoms with van der Waals surface area (Å²) >= 11 is 6.09. The Morgan fingerprint density at radius 3 is 2.96 bits per heavy atom. The summed E-state index contributed by atoms with van der Waals surface area (Å²) in [5.74, 6) is 0.801. The second-order valence-electron chi connectivity index (χ2n) is 4.82. The van der Waals surface area contributed by atoms with E-state index in [2.05, 4.69) is 15.6 Å². The molecule has 1 amide bonds. The number of anilines is 1. The molecule has 3 N–H and O–H groups in total. The Kier molecular flexibility index (Phi) is 4.39. The highest BCUT2D eigenvalue weighted by atomic mass is 35.5. The maximum Gasteiger partial charge on any atom is 0.276 e. The maximum absolute atomic E-state index is 12.2. The van der Waals surface area contributed by atoms with Gasteiger partial charge in [-0.1, -0.05) is 16.8 Å². The van der Waals surface area contributed by atoms with Gasteiger partial charge < -0.3 is 20.2 Å². The normalized spacial score (nSPS) is 10.6. The molecule has 2 aromatic heterocycles. The van der Waals surface area contributed by atoms with Crippen LogP contribution in [0.15, 0.2) is 41.0 Å². The first-order valence-electron chi connectivity index (χ1n) is 6.96. The van der Waals surface area contributed by atoms with E-state index in [0.717, 1.165) is 0 Å². The molecule has 0 spiro atoms. The van der Waals surface area contributed by atoms with Crippen molar-refractivity contribution in [3.63, 3.8) is 0 Å². The predicted molar refractivity (Wildman–Crippen MR) is 87.2 cm³/mol. The first-order valence-corrected chi connectivity index (χ1v) is 7.33. The van der Waals surface area contributed by atoms with E-state index in [-0.39, 0.29) is 18.1 Å². The molecule has 0 bridgehead atoms. The molecule has 0 radical (unpaired) electrons. The van der Waals surface area contributed by atoms with E-state index < -0.39 is 5.91 Å². The number of carbonyl (C=O) groups is 1. The summed E-state index contributed by atoms with van der Waals surface area (Å²) in [5, 5.41) is 10.8. The van der Waals surface area contributed by atoms with Gasteiger partial charge in [-0.15, -0.1) is 5.10 Å². The lowest BCUT2D eigenvalue weighted by Gasteiger charge is -2.07. The third-order valence-electron chi connectivity index (χ3n) is 3.30. The molecule has 0 fully saturated rings. The number of benzene rings is 1. The highest BCUT2D eigenvalue weighted by Crippen LogP contribution is 2.27. The third kappa shape index (κ3) is 3.04. The topological polar surface area (TPSA) is 108 Å². The van der Waals surface area contributed by atoms with Gasteiger partial charge in [-0.2, -0.15) is 4.68 Å². The first-order chi connectivity index (χ1) is 11.6. The van der Waals surface area contributed by atoms with Gasteiger partial charge in [0.2, 0.25) is 0 Å². The maximum atomic E-state index is 12.2.